The lowest BCUT2D eigenvalue weighted by Crippen LogP contribution is -2.45. The van der Waals surface area contributed by atoms with Crippen LogP contribution in [-0.2, 0) is 12.1 Å². The maximum absolute atomic E-state index is 11.9. The van der Waals surface area contributed by atoms with E-state index in [4.69, 9.17) is 11.6 Å². The second-order valence-corrected chi connectivity index (χ2v) is 10.9. The van der Waals surface area contributed by atoms with Gasteiger partial charge in [0.15, 0.2) is 0 Å². The zero-order valence-electron chi connectivity index (χ0n) is 20.9. The summed E-state index contributed by atoms with van der Waals surface area (Å²) in [6, 6.07) is 35.3. The lowest BCUT2D eigenvalue weighted by Gasteiger charge is -2.33. The molecule has 184 valence electrons. The van der Waals surface area contributed by atoms with Crippen molar-refractivity contribution in [3.05, 3.63) is 130 Å². The van der Waals surface area contributed by atoms with Gasteiger partial charge in [-0.2, -0.15) is 0 Å². The van der Waals surface area contributed by atoms with E-state index < -0.39 is 5.60 Å². The van der Waals surface area contributed by atoms with E-state index in [1.807, 2.05) is 48.5 Å². The van der Waals surface area contributed by atoms with Crippen LogP contribution in [0.4, 0.5) is 0 Å². The minimum absolute atomic E-state index is 0.384. The molecule has 2 atom stereocenters. The third kappa shape index (κ3) is 4.49. The Labute approximate surface area is 224 Å². The normalized spacial score (nSPS) is 21.1. The minimum Gasteiger partial charge on any atom is -0.379 e. The van der Waals surface area contributed by atoms with E-state index in [-0.39, 0.29) is 0 Å². The molecule has 1 N–H and O–H groups in total. The highest BCUT2D eigenvalue weighted by Crippen LogP contribution is 2.48. The van der Waals surface area contributed by atoms with E-state index in [1.54, 1.807) is 0 Å². The molecule has 1 aliphatic carbocycles. The highest BCUT2D eigenvalue weighted by Gasteiger charge is 2.41. The van der Waals surface area contributed by atoms with Gasteiger partial charge in [-0.3, -0.25) is 0 Å². The standard InChI is InChI=1S/C34H31ClNO/c35-33-19-9-4-14-28(33)25-36(23-20-27(24-36)26-12-2-1-3-13-26)22-11-10-21-34(37)31-17-7-5-15-29(31)30-16-6-8-18-32(30)34/h1-9,12-19,27,37H,20-25H2/q+1. The Morgan fingerprint density at radius 1 is 0.784 bits per heavy atom. The van der Waals surface area contributed by atoms with Gasteiger partial charge in [-0.15, -0.1) is 0 Å². The fraction of sp³-hybridized carbons (Fsp3) is 0.235. The van der Waals surface area contributed by atoms with Crippen LogP contribution in [0.3, 0.4) is 0 Å². The second kappa shape index (κ2) is 9.84. The molecule has 0 bridgehead atoms. The first kappa shape index (κ1) is 24.0. The molecule has 0 spiro atoms. The Bertz CT molecular complexity index is 1440. The van der Waals surface area contributed by atoms with E-state index in [1.165, 1.54) is 11.1 Å². The Hall–Kier alpha value is -3.35. The predicted octanol–water partition coefficient (Wildman–Crippen LogP) is 7.15. The molecule has 0 aromatic heterocycles. The summed E-state index contributed by atoms with van der Waals surface area (Å²) in [4.78, 5) is 0. The number of aliphatic hydroxyl groups is 1. The van der Waals surface area contributed by atoms with Gasteiger partial charge in [0.1, 0.15) is 18.7 Å². The summed E-state index contributed by atoms with van der Waals surface area (Å²) in [5.74, 6) is 7.44. The van der Waals surface area contributed by atoms with Crippen LogP contribution in [0.5, 0.6) is 0 Å². The molecule has 1 fully saturated rings. The molecule has 2 unspecified atom stereocenters. The second-order valence-electron chi connectivity index (χ2n) is 10.5. The highest BCUT2D eigenvalue weighted by atomic mass is 35.5. The lowest BCUT2D eigenvalue weighted by molar-refractivity contribution is -0.923. The summed E-state index contributed by atoms with van der Waals surface area (Å²) in [6.45, 7) is 3.72. The smallest absolute Gasteiger partial charge is 0.141 e. The maximum atomic E-state index is 11.9. The third-order valence-electron chi connectivity index (χ3n) is 8.21. The van der Waals surface area contributed by atoms with Gasteiger partial charge in [-0.1, -0.05) is 115 Å². The first-order chi connectivity index (χ1) is 18.1. The maximum Gasteiger partial charge on any atom is 0.141 e. The summed E-state index contributed by atoms with van der Waals surface area (Å²) in [5, 5.41) is 12.7. The van der Waals surface area contributed by atoms with Gasteiger partial charge in [-0.25, -0.2) is 0 Å². The zero-order valence-corrected chi connectivity index (χ0v) is 21.7. The molecule has 1 saturated heterocycles. The van der Waals surface area contributed by atoms with Crippen LogP contribution in [0.15, 0.2) is 103 Å². The van der Waals surface area contributed by atoms with E-state index in [2.05, 4.69) is 66.4 Å². The van der Waals surface area contributed by atoms with Crippen LogP contribution < -0.4 is 0 Å². The molecule has 0 amide bonds. The van der Waals surface area contributed by atoms with Crippen LogP contribution in [-0.4, -0.2) is 29.2 Å². The van der Waals surface area contributed by atoms with Gasteiger partial charge in [-0.05, 0) is 39.8 Å². The van der Waals surface area contributed by atoms with Crippen molar-refractivity contribution in [1.29, 1.82) is 0 Å². The number of halogens is 1. The molecule has 2 aliphatic rings. The van der Waals surface area contributed by atoms with Crippen molar-refractivity contribution in [1.82, 2.24) is 0 Å². The van der Waals surface area contributed by atoms with Crippen molar-refractivity contribution in [2.45, 2.75) is 30.9 Å². The highest BCUT2D eigenvalue weighted by molar-refractivity contribution is 6.31. The van der Waals surface area contributed by atoms with Crippen LogP contribution in [0, 0.1) is 11.8 Å². The molecular formula is C34H31ClNO+. The molecule has 3 heteroatoms. The van der Waals surface area contributed by atoms with Crippen molar-refractivity contribution < 1.29 is 9.59 Å². The molecule has 37 heavy (non-hydrogen) atoms. The first-order valence-electron chi connectivity index (χ1n) is 13.1. The Morgan fingerprint density at radius 3 is 2.11 bits per heavy atom. The molecule has 0 radical (unpaired) electrons. The summed E-state index contributed by atoms with van der Waals surface area (Å²) in [5.41, 5.74) is 5.63. The lowest BCUT2D eigenvalue weighted by atomic mass is 9.88. The average Bonchev–Trinajstić information content (AvgIpc) is 3.47. The van der Waals surface area contributed by atoms with Crippen LogP contribution in [0.2, 0.25) is 5.02 Å². The van der Waals surface area contributed by atoms with Crippen LogP contribution in [0.1, 0.15) is 41.0 Å². The van der Waals surface area contributed by atoms with Crippen molar-refractivity contribution in [2.75, 3.05) is 19.6 Å². The molecule has 4 aromatic rings. The average molecular weight is 505 g/mol. The largest absolute Gasteiger partial charge is 0.379 e. The number of likely N-dealkylation sites (tertiary alicyclic amines) is 1. The molecule has 4 aromatic carbocycles. The predicted molar refractivity (Wildman–Crippen MR) is 151 cm³/mol. The van der Waals surface area contributed by atoms with Gasteiger partial charge in [0.05, 0.1) is 13.1 Å². The van der Waals surface area contributed by atoms with Gasteiger partial charge >= 0.3 is 0 Å². The van der Waals surface area contributed by atoms with Gasteiger partial charge in [0.2, 0.25) is 0 Å². The monoisotopic (exact) mass is 504 g/mol. The van der Waals surface area contributed by atoms with Gasteiger partial charge in [0, 0.05) is 29.3 Å². The third-order valence-corrected chi connectivity index (χ3v) is 8.58. The van der Waals surface area contributed by atoms with E-state index in [9.17, 15) is 5.11 Å². The zero-order chi connectivity index (χ0) is 25.3. The van der Waals surface area contributed by atoms with Gasteiger partial charge in [0.25, 0.3) is 0 Å². The van der Waals surface area contributed by atoms with Crippen molar-refractivity contribution >= 4 is 11.6 Å². The van der Waals surface area contributed by atoms with E-state index >= 15 is 0 Å². The number of hydrogen-bond donors (Lipinski definition) is 1. The van der Waals surface area contributed by atoms with Crippen molar-refractivity contribution in [3.8, 4) is 23.0 Å². The summed E-state index contributed by atoms with van der Waals surface area (Å²) in [7, 11) is 0. The summed E-state index contributed by atoms with van der Waals surface area (Å²) in [6.07, 6.45) is 1.52. The Morgan fingerprint density at radius 2 is 1.41 bits per heavy atom. The topological polar surface area (TPSA) is 20.2 Å². The molecule has 2 nitrogen and oxygen atoms in total. The molecule has 1 heterocycles. The van der Waals surface area contributed by atoms with Crippen molar-refractivity contribution in [3.63, 3.8) is 0 Å². The summed E-state index contributed by atoms with van der Waals surface area (Å²) >= 11 is 6.60. The SMILES string of the molecule is OC1(CC#CC[N+]2(Cc3ccccc3Cl)CCC(c3ccccc3)C2)c2ccccc2-c2ccccc21. The number of hydrogen-bond acceptors (Lipinski definition) is 1. The fourth-order valence-corrected chi connectivity index (χ4v) is 6.51. The Balaban J connectivity index is 1.27. The number of benzene rings is 4. The molecular weight excluding hydrogens is 474 g/mol. The number of fused-ring (bicyclic) bond motifs is 3. The first-order valence-corrected chi connectivity index (χ1v) is 13.5. The van der Waals surface area contributed by atoms with Crippen LogP contribution in [0.25, 0.3) is 11.1 Å². The van der Waals surface area contributed by atoms with E-state index in [0.717, 1.165) is 64.4 Å². The van der Waals surface area contributed by atoms with E-state index in [0.29, 0.717) is 12.3 Å². The molecule has 6 rings (SSSR count). The number of rotatable bonds is 5. The number of quaternary nitrogens is 1. The van der Waals surface area contributed by atoms with Gasteiger partial charge < -0.3 is 9.59 Å². The summed E-state index contributed by atoms with van der Waals surface area (Å²) < 4.78 is 0.891. The number of nitrogens with zero attached hydrogens (tertiary/aromatic N) is 1. The molecule has 0 saturated carbocycles. The quantitative estimate of drug-likeness (QED) is 0.226. The minimum atomic E-state index is -1.08. The Kier molecular flexibility index (Phi) is 6.39. The molecule has 1 aliphatic heterocycles. The van der Waals surface area contributed by atoms with Crippen molar-refractivity contribution in [2.24, 2.45) is 0 Å². The fourth-order valence-electron chi connectivity index (χ4n) is 6.31. The van der Waals surface area contributed by atoms with Crippen LogP contribution >= 0.6 is 11.6 Å².